The summed E-state index contributed by atoms with van der Waals surface area (Å²) in [5, 5.41) is 0. The SMILES string of the molecule is COc1cc(OC2CCN(Cc3c(C(F)(F)F)ccnc3C)CC2)ccc1C(=O)N1CCC(N2C(=O)OCc3ccccc32)CC1. The van der Waals surface area contributed by atoms with E-state index in [1.165, 1.54) is 13.3 Å². The van der Waals surface area contributed by atoms with Gasteiger partial charge in [0.1, 0.15) is 24.2 Å². The smallest absolute Gasteiger partial charge is 0.416 e. The highest BCUT2D eigenvalue weighted by Gasteiger charge is 2.37. The Bertz CT molecular complexity index is 1580. The number of piperidine rings is 2. The molecular formula is C34H37F3N4O5. The summed E-state index contributed by atoms with van der Waals surface area (Å²) in [5.74, 6) is 0.818. The second-order valence-electron chi connectivity index (χ2n) is 12.0. The fraction of sp³-hybridized carbons (Fsp3) is 0.441. The lowest BCUT2D eigenvalue weighted by molar-refractivity contribution is -0.138. The molecule has 3 aliphatic rings. The number of amides is 2. The van der Waals surface area contributed by atoms with Crippen molar-refractivity contribution in [1.29, 1.82) is 0 Å². The van der Waals surface area contributed by atoms with Crippen LogP contribution in [0.4, 0.5) is 23.7 Å². The predicted molar refractivity (Wildman–Crippen MR) is 164 cm³/mol. The summed E-state index contributed by atoms with van der Waals surface area (Å²) in [5.41, 5.74) is 2.22. The van der Waals surface area contributed by atoms with Gasteiger partial charge in [-0.05, 0) is 62.4 Å². The quantitative estimate of drug-likeness (QED) is 0.304. The lowest BCUT2D eigenvalue weighted by Crippen LogP contribution is -2.50. The van der Waals surface area contributed by atoms with E-state index in [1.807, 2.05) is 29.2 Å². The summed E-state index contributed by atoms with van der Waals surface area (Å²) in [6.07, 6.45) is -1.17. The summed E-state index contributed by atoms with van der Waals surface area (Å²) in [6, 6.07) is 13.9. The van der Waals surface area contributed by atoms with Crippen LogP contribution in [0.1, 0.15) is 58.4 Å². The molecule has 0 radical (unpaired) electrons. The summed E-state index contributed by atoms with van der Waals surface area (Å²) in [7, 11) is 1.51. The number of hydrogen-bond donors (Lipinski definition) is 0. The number of anilines is 1. The molecule has 0 aliphatic carbocycles. The van der Waals surface area contributed by atoms with Crippen LogP contribution in [0.5, 0.6) is 11.5 Å². The molecule has 2 fully saturated rings. The first-order valence-corrected chi connectivity index (χ1v) is 15.5. The minimum Gasteiger partial charge on any atom is -0.496 e. The van der Waals surface area contributed by atoms with Crippen molar-refractivity contribution in [2.24, 2.45) is 0 Å². The van der Waals surface area contributed by atoms with E-state index in [4.69, 9.17) is 14.2 Å². The topological polar surface area (TPSA) is 84.4 Å². The number of methoxy groups -OCH3 is 1. The largest absolute Gasteiger partial charge is 0.496 e. The standard InChI is InChI=1S/C34H37F3N4O5/c1-22-28(29(9-14-38-22)34(35,36)37)20-39-15-12-25(13-16-39)46-26-7-8-27(31(19-26)44-2)32(42)40-17-10-24(11-18-40)41-30-6-4-3-5-23(30)21-45-33(41)43/h3-9,14,19,24-25H,10-13,15-18,20-21H2,1-2H3. The molecule has 2 aromatic carbocycles. The number of fused-ring (bicyclic) bond motifs is 1. The Balaban J connectivity index is 1.04. The third-order valence-electron chi connectivity index (χ3n) is 9.11. The Labute approximate surface area is 265 Å². The predicted octanol–water partition coefficient (Wildman–Crippen LogP) is 6.22. The summed E-state index contributed by atoms with van der Waals surface area (Å²) >= 11 is 0. The maximum Gasteiger partial charge on any atom is 0.416 e. The Hall–Kier alpha value is -4.32. The fourth-order valence-corrected chi connectivity index (χ4v) is 6.60. The van der Waals surface area contributed by atoms with Crippen molar-refractivity contribution >= 4 is 17.7 Å². The van der Waals surface area contributed by atoms with Crippen LogP contribution >= 0.6 is 0 Å². The number of carbonyl (C=O) groups excluding carboxylic acids is 2. The van der Waals surface area contributed by atoms with E-state index in [0.29, 0.717) is 74.6 Å². The molecule has 2 saturated heterocycles. The number of rotatable bonds is 7. The number of alkyl halides is 3. The molecule has 12 heteroatoms. The molecule has 4 heterocycles. The van der Waals surface area contributed by atoms with E-state index in [2.05, 4.69) is 4.98 Å². The van der Waals surface area contributed by atoms with Crippen molar-refractivity contribution in [1.82, 2.24) is 14.8 Å². The van der Waals surface area contributed by atoms with Crippen LogP contribution in [-0.2, 0) is 24.1 Å². The van der Waals surface area contributed by atoms with Crippen LogP contribution < -0.4 is 14.4 Å². The molecule has 9 nitrogen and oxygen atoms in total. The molecular weight excluding hydrogens is 601 g/mol. The number of halogens is 3. The molecule has 0 bridgehead atoms. The average molecular weight is 639 g/mol. The number of para-hydroxylation sites is 1. The number of cyclic esters (lactones) is 1. The lowest BCUT2D eigenvalue weighted by atomic mass is 10.00. The van der Waals surface area contributed by atoms with Gasteiger partial charge in [-0.3, -0.25) is 19.6 Å². The van der Waals surface area contributed by atoms with Crippen molar-refractivity contribution in [3.05, 3.63) is 82.7 Å². The summed E-state index contributed by atoms with van der Waals surface area (Å²) in [6.45, 7) is 4.19. The van der Waals surface area contributed by atoms with Gasteiger partial charge in [-0.1, -0.05) is 18.2 Å². The third-order valence-corrected chi connectivity index (χ3v) is 9.11. The summed E-state index contributed by atoms with van der Waals surface area (Å²) < 4.78 is 57.9. The highest BCUT2D eigenvalue weighted by Crippen LogP contribution is 2.35. The van der Waals surface area contributed by atoms with Crippen LogP contribution in [0.2, 0.25) is 0 Å². The van der Waals surface area contributed by atoms with Gasteiger partial charge in [-0.25, -0.2) is 4.79 Å². The Morgan fingerprint density at radius 3 is 2.48 bits per heavy atom. The van der Waals surface area contributed by atoms with E-state index in [1.54, 1.807) is 34.9 Å². The number of aromatic nitrogens is 1. The highest BCUT2D eigenvalue weighted by atomic mass is 19.4. The first-order chi connectivity index (χ1) is 22.1. The maximum atomic E-state index is 13.6. The van der Waals surface area contributed by atoms with Gasteiger partial charge < -0.3 is 19.1 Å². The van der Waals surface area contributed by atoms with E-state index in [9.17, 15) is 22.8 Å². The molecule has 0 saturated carbocycles. The zero-order valence-electron chi connectivity index (χ0n) is 25.9. The number of benzene rings is 2. The molecule has 3 aliphatic heterocycles. The van der Waals surface area contributed by atoms with Crippen LogP contribution in [0.15, 0.2) is 54.7 Å². The van der Waals surface area contributed by atoms with Gasteiger partial charge in [0.05, 0.1) is 23.9 Å². The van der Waals surface area contributed by atoms with Crippen molar-refractivity contribution in [2.75, 3.05) is 38.2 Å². The third kappa shape index (κ3) is 6.62. The van der Waals surface area contributed by atoms with Gasteiger partial charge in [0.2, 0.25) is 0 Å². The second kappa shape index (κ2) is 13.2. The zero-order chi connectivity index (χ0) is 32.4. The van der Waals surface area contributed by atoms with Crippen molar-refractivity contribution in [3.63, 3.8) is 0 Å². The lowest BCUT2D eigenvalue weighted by Gasteiger charge is -2.40. The van der Waals surface area contributed by atoms with Gasteiger partial charge in [-0.15, -0.1) is 0 Å². The molecule has 0 unspecified atom stereocenters. The second-order valence-corrected chi connectivity index (χ2v) is 12.0. The van der Waals surface area contributed by atoms with Crippen molar-refractivity contribution in [3.8, 4) is 11.5 Å². The molecule has 0 spiro atoms. The van der Waals surface area contributed by atoms with Crippen molar-refractivity contribution < 1.29 is 37.0 Å². The van der Waals surface area contributed by atoms with Gasteiger partial charge >= 0.3 is 12.3 Å². The van der Waals surface area contributed by atoms with Gasteiger partial charge in [0, 0.05) is 62.3 Å². The van der Waals surface area contributed by atoms with E-state index in [0.717, 1.165) is 17.3 Å². The molecule has 2 amide bonds. The highest BCUT2D eigenvalue weighted by molar-refractivity contribution is 5.97. The minimum absolute atomic E-state index is 0.0674. The number of carbonyl (C=O) groups is 2. The average Bonchev–Trinajstić information content (AvgIpc) is 3.05. The molecule has 46 heavy (non-hydrogen) atoms. The first kappa shape index (κ1) is 31.7. The van der Waals surface area contributed by atoms with Crippen LogP contribution in [-0.4, -0.2) is 72.2 Å². The minimum atomic E-state index is -4.43. The van der Waals surface area contributed by atoms with Gasteiger partial charge in [0.15, 0.2) is 0 Å². The number of hydrogen-bond acceptors (Lipinski definition) is 7. The summed E-state index contributed by atoms with van der Waals surface area (Å²) in [4.78, 5) is 35.8. The van der Waals surface area contributed by atoms with Crippen LogP contribution in [0, 0.1) is 6.92 Å². The molecule has 0 N–H and O–H groups in total. The van der Waals surface area contributed by atoms with Crippen molar-refractivity contribution in [2.45, 2.75) is 64.1 Å². The maximum absolute atomic E-state index is 13.6. The molecule has 244 valence electrons. The Morgan fingerprint density at radius 2 is 1.76 bits per heavy atom. The fourth-order valence-electron chi connectivity index (χ4n) is 6.60. The number of aryl methyl sites for hydroxylation is 1. The first-order valence-electron chi connectivity index (χ1n) is 15.5. The van der Waals surface area contributed by atoms with E-state index >= 15 is 0 Å². The molecule has 1 aromatic heterocycles. The van der Waals surface area contributed by atoms with Crippen LogP contribution in [0.25, 0.3) is 0 Å². The Morgan fingerprint density at radius 1 is 1.02 bits per heavy atom. The monoisotopic (exact) mass is 638 g/mol. The van der Waals surface area contributed by atoms with E-state index in [-0.39, 0.29) is 42.9 Å². The Kier molecular flexibility index (Phi) is 9.08. The van der Waals surface area contributed by atoms with Gasteiger partial charge in [0.25, 0.3) is 5.91 Å². The normalized spacial score (nSPS) is 18.2. The molecule has 6 rings (SSSR count). The molecule has 3 aromatic rings. The molecule has 0 atom stereocenters. The number of pyridine rings is 1. The zero-order valence-corrected chi connectivity index (χ0v) is 25.9. The number of ether oxygens (including phenoxy) is 3. The van der Waals surface area contributed by atoms with Gasteiger partial charge in [-0.2, -0.15) is 13.2 Å². The van der Waals surface area contributed by atoms with E-state index < -0.39 is 11.7 Å². The van der Waals surface area contributed by atoms with Crippen LogP contribution in [0.3, 0.4) is 0 Å². The number of likely N-dealkylation sites (tertiary alicyclic amines) is 2. The number of nitrogens with zero attached hydrogens (tertiary/aromatic N) is 4.